The number of hydrogen-bond donors (Lipinski definition) is 1. The van der Waals surface area contributed by atoms with Crippen molar-refractivity contribution < 1.29 is 23.5 Å². The number of carbonyl (C=O) groups is 2. The first-order valence-corrected chi connectivity index (χ1v) is 11.2. The fourth-order valence-corrected chi connectivity index (χ4v) is 4.22. The summed E-state index contributed by atoms with van der Waals surface area (Å²) in [6, 6.07) is 22.2. The first-order valence-electron chi connectivity index (χ1n) is 11.2. The molecule has 0 bridgehead atoms. The molecule has 34 heavy (non-hydrogen) atoms. The summed E-state index contributed by atoms with van der Waals surface area (Å²) < 4.78 is 23.8. The lowest BCUT2D eigenvalue weighted by Gasteiger charge is -2.23. The number of hydrogen-bond acceptors (Lipinski definition) is 4. The lowest BCUT2D eigenvalue weighted by molar-refractivity contribution is -0.139. The van der Waals surface area contributed by atoms with E-state index < -0.39 is 6.04 Å². The Kier molecular flexibility index (Phi) is 7.54. The third-order valence-electron chi connectivity index (χ3n) is 5.82. The van der Waals surface area contributed by atoms with Crippen molar-refractivity contribution in [2.45, 2.75) is 18.9 Å². The van der Waals surface area contributed by atoms with E-state index in [1.807, 2.05) is 18.2 Å². The van der Waals surface area contributed by atoms with Gasteiger partial charge in [-0.3, -0.25) is 9.59 Å². The van der Waals surface area contributed by atoms with E-state index >= 15 is 0 Å². The molecule has 0 aromatic heterocycles. The number of methoxy groups -OCH3 is 1. The van der Waals surface area contributed by atoms with E-state index in [1.54, 1.807) is 41.3 Å². The lowest BCUT2D eigenvalue weighted by Crippen LogP contribution is -2.44. The highest BCUT2D eigenvalue weighted by molar-refractivity contribution is 5.97. The molecule has 1 aliphatic rings. The number of nitrogens with zero attached hydrogens (tertiary/aromatic N) is 1. The van der Waals surface area contributed by atoms with Crippen molar-refractivity contribution in [3.8, 4) is 11.5 Å². The van der Waals surface area contributed by atoms with Crippen LogP contribution in [-0.4, -0.2) is 43.0 Å². The van der Waals surface area contributed by atoms with Crippen molar-refractivity contribution in [2.75, 3.05) is 25.6 Å². The smallest absolute Gasteiger partial charge is 0.249 e. The van der Waals surface area contributed by atoms with E-state index in [1.165, 1.54) is 24.8 Å². The molecule has 0 spiro atoms. The van der Waals surface area contributed by atoms with E-state index in [9.17, 15) is 14.0 Å². The Morgan fingerprint density at radius 3 is 2.26 bits per heavy atom. The molecule has 3 aromatic rings. The first-order chi connectivity index (χ1) is 16.5. The van der Waals surface area contributed by atoms with Crippen LogP contribution in [0.1, 0.15) is 12.0 Å². The molecule has 1 saturated heterocycles. The van der Waals surface area contributed by atoms with Crippen LogP contribution in [0.5, 0.6) is 11.5 Å². The summed E-state index contributed by atoms with van der Waals surface area (Å²) in [7, 11) is 1.47. The van der Waals surface area contributed by atoms with Crippen molar-refractivity contribution in [3.63, 3.8) is 0 Å². The van der Waals surface area contributed by atoms with Gasteiger partial charge in [-0.25, -0.2) is 4.39 Å². The molecule has 7 heteroatoms. The van der Waals surface area contributed by atoms with Gasteiger partial charge in [0.25, 0.3) is 0 Å². The topological polar surface area (TPSA) is 67.9 Å². The minimum Gasteiger partial charge on any atom is -0.457 e. The Labute approximate surface area is 198 Å². The van der Waals surface area contributed by atoms with Gasteiger partial charge in [0.2, 0.25) is 11.8 Å². The van der Waals surface area contributed by atoms with Crippen LogP contribution in [0.4, 0.5) is 10.1 Å². The molecule has 0 saturated carbocycles. The number of amides is 2. The average molecular weight is 463 g/mol. The minimum atomic E-state index is -0.563. The number of anilines is 1. The second-order valence-electron chi connectivity index (χ2n) is 8.36. The van der Waals surface area contributed by atoms with E-state index in [0.29, 0.717) is 30.2 Å². The van der Waals surface area contributed by atoms with Crippen LogP contribution in [0.2, 0.25) is 0 Å². The molecule has 1 heterocycles. The monoisotopic (exact) mass is 462 g/mol. The van der Waals surface area contributed by atoms with Gasteiger partial charge < -0.3 is 19.7 Å². The van der Waals surface area contributed by atoms with Crippen LogP contribution < -0.4 is 10.1 Å². The van der Waals surface area contributed by atoms with E-state index in [-0.39, 0.29) is 30.2 Å². The first kappa shape index (κ1) is 23.4. The van der Waals surface area contributed by atoms with E-state index in [2.05, 4.69) is 17.4 Å². The average Bonchev–Trinajstić information content (AvgIpc) is 3.27. The molecule has 2 atom stereocenters. The highest BCUT2D eigenvalue weighted by Crippen LogP contribution is 2.28. The van der Waals surface area contributed by atoms with Crippen LogP contribution in [0.15, 0.2) is 78.9 Å². The highest BCUT2D eigenvalue weighted by Gasteiger charge is 2.39. The Morgan fingerprint density at radius 1 is 0.971 bits per heavy atom. The van der Waals surface area contributed by atoms with Crippen molar-refractivity contribution in [3.05, 3.63) is 90.2 Å². The molecular formula is C27H27FN2O4. The zero-order valence-electron chi connectivity index (χ0n) is 18.9. The minimum absolute atomic E-state index is 0.0583. The maximum atomic E-state index is 13.1. The summed E-state index contributed by atoms with van der Waals surface area (Å²) in [5.74, 6) is 0.506. The number of likely N-dealkylation sites (tertiary alicyclic amines) is 1. The summed E-state index contributed by atoms with van der Waals surface area (Å²) >= 11 is 0. The Balaban J connectivity index is 1.40. The number of ether oxygens (including phenoxy) is 2. The maximum absolute atomic E-state index is 13.1. The molecule has 3 aromatic carbocycles. The van der Waals surface area contributed by atoms with Gasteiger partial charge in [0.05, 0.1) is 0 Å². The second-order valence-corrected chi connectivity index (χ2v) is 8.36. The third kappa shape index (κ3) is 5.99. The van der Waals surface area contributed by atoms with Crippen LogP contribution >= 0.6 is 0 Å². The molecular weight excluding hydrogens is 435 g/mol. The molecule has 2 amide bonds. The predicted octanol–water partition coefficient (Wildman–Crippen LogP) is 4.66. The number of nitrogens with one attached hydrogen (secondary N) is 1. The van der Waals surface area contributed by atoms with Gasteiger partial charge in [-0.15, -0.1) is 0 Å². The van der Waals surface area contributed by atoms with Gasteiger partial charge in [0.1, 0.15) is 30.0 Å². The van der Waals surface area contributed by atoms with Gasteiger partial charge in [0.15, 0.2) is 0 Å². The van der Waals surface area contributed by atoms with Crippen LogP contribution in [0.3, 0.4) is 0 Å². The maximum Gasteiger partial charge on any atom is 0.249 e. The number of halogens is 1. The second kappa shape index (κ2) is 10.9. The molecule has 1 aliphatic heterocycles. The van der Waals surface area contributed by atoms with Gasteiger partial charge >= 0.3 is 0 Å². The SMILES string of the molecule is COCC(=O)N1C[C@H](Cc2ccccc2)C[C@H]1C(=O)Nc1ccc(Oc2ccc(F)cc2)cc1. The Hall–Kier alpha value is -3.71. The number of rotatable bonds is 8. The molecule has 1 N–H and O–H groups in total. The van der Waals surface area contributed by atoms with Crippen LogP contribution in [0, 0.1) is 11.7 Å². The summed E-state index contributed by atoms with van der Waals surface area (Å²) in [6.07, 6.45) is 1.39. The van der Waals surface area contributed by atoms with E-state index in [0.717, 1.165) is 6.42 Å². The Morgan fingerprint density at radius 2 is 1.62 bits per heavy atom. The van der Waals surface area contributed by atoms with Gasteiger partial charge in [-0.05, 0) is 72.9 Å². The van der Waals surface area contributed by atoms with Gasteiger partial charge in [-0.1, -0.05) is 30.3 Å². The van der Waals surface area contributed by atoms with E-state index in [4.69, 9.17) is 9.47 Å². The van der Waals surface area contributed by atoms with Crippen LogP contribution in [0.25, 0.3) is 0 Å². The molecule has 176 valence electrons. The Bertz CT molecular complexity index is 1100. The highest BCUT2D eigenvalue weighted by atomic mass is 19.1. The molecule has 4 rings (SSSR count). The summed E-state index contributed by atoms with van der Waals surface area (Å²) in [5.41, 5.74) is 1.78. The van der Waals surface area contributed by atoms with Crippen molar-refractivity contribution in [1.82, 2.24) is 4.90 Å². The van der Waals surface area contributed by atoms with Crippen molar-refractivity contribution in [2.24, 2.45) is 5.92 Å². The normalized spacial score (nSPS) is 17.4. The van der Waals surface area contributed by atoms with Crippen molar-refractivity contribution >= 4 is 17.5 Å². The lowest BCUT2D eigenvalue weighted by atomic mass is 9.96. The zero-order chi connectivity index (χ0) is 23.9. The molecule has 1 fully saturated rings. The standard InChI is InChI=1S/C27H27FN2O4/c1-33-18-26(31)30-17-20(15-19-5-3-2-4-6-19)16-25(30)27(32)29-22-9-13-24(14-10-22)34-23-11-7-21(28)8-12-23/h2-14,20,25H,15-18H2,1H3,(H,29,32)/t20-,25+/m1/s1. The van der Waals surface area contributed by atoms with Gasteiger partial charge in [-0.2, -0.15) is 0 Å². The number of carbonyl (C=O) groups excluding carboxylic acids is 2. The fourth-order valence-electron chi connectivity index (χ4n) is 4.22. The molecule has 6 nitrogen and oxygen atoms in total. The van der Waals surface area contributed by atoms with Crippen LogP contribution in [-0.2, 0) is 20.7 Å². The third-order valence-corrected chi connectivity index (χ3v) is 5.82. The quantitative estimate of drug-likeness (QED) is 0.529. The van der Waals surface area contributed by atoms with Crippen molar-refractivity contribution in [1.29, 1.82) is 0 Å². The van der Waals surface area contributed by atoms with Gasteiger partial charge in [0, 0.05) is 19.3 Å². The molecule has 0 aliphatic carbocycles. The summed E-state index contributed by atoms with van der Waals surface area (Å²) in [5, 5.41) is 2.92. The molecule has 0 unspecified atom stereocenters. The summed E-state index contributed by atoms with van der Waals surface area (Å²) in [4.78, 5) is 27.4. The largest absolute Gasteiger partial charge is 0.457 e. The molecule has 0 radical (unpaired) electrons. The summed E-state index contributed by atoms with van der Waals surface area (Å²) in [6.45, 7) is 0.455. The fraction of sp³-hybridized carbons (Fsp3) is 0.259. The predicted molar refractivity (Wildman–Crippen MR) is 127 cm³/mol. The number of benzene rings is 3. The zero-order valence-corrected chi connectivity index (χ0v) is 18.9.